The predicted octanol–water partition coefficient (Wildman–Crippen LogP) is 2.02. The minimum absolute atomic E-state index is 0.0917. The second kappa shape index (κ2) is 6.67. The highest BCUT2D eigenvalue weighted by atomic mass is 35.5. The van der Waals surface area contributed by atoms with Gasteiger partial charge < -0.3 is 15.6 Å². The largest absolute Gasteiger partial charge is 0.351 e. The lowest BCUT2D eigenvalue weighted by atomic mass is 10.2. The Kier molecular flexibility index (Phi) is 5.51. The summed E-state index contributed by atoms with van der Waals surface area (Å²) in [5, 5.41) is 3.44. The molecule has 0 radical (unpaired) electrons. The number of carbonyl (C=O) groups excluding carboxylic acids is 1. The molecule has 0 spiro atoms. The van der Waals surface area contributed by atoms with Gasteiger partial charge in [0.25, 0.3) is 5.91 Å². The van der Waals surface area contributed by atoms with E-state index in [-0.39, 0.29) is 11.9 Å². The first-order valence-corrected chi connectivity index (χ1v) is 6.31. The van der Waals surface area contributed by atoms with Gasteiger partial charge in [-0.1, -0.05) is 18.5 Å². The van der Waals surface area contributed by atoms with Crippen molar-refractivity contribution in [1.82, 2.24) is 9.88 Å². The molecule has 17 heavy (non-hydrogen) atoms. The number of nitrogens with zero attached hydrogens (tertiary/aromatic N) is 1. The van der Waals surface area contributed by atoms with Crippen LogP contribution in [0.3, 0.4) is 0 Å². The van der Waals surface area contributed by atoms with Crippen molar-refractivity contribution in [3.05, 3.63) is 23.0 Å². The first-order chi connectivity index (χ1) is 8.04. The number of halogens is 1. The number of hydrogen-bond acceptors (Lipinski definition) is 2. The summed E-state index contributed by atoms with van der Waals surface area (Å²) in [6, 6.07) is 1.79. The molecular formula is C12H20ClN3O. The first kappa shape index (κ1) is 14.1. The third-order valence-corrected chi connectivity index (χ3v) is 2.65. The minimum Gasteiger partial charge on any atom is -0.351 e. The normalized spacial score (nSPS) is 12.5. The van der Waals surface area contributed by atoms with Crippen molar-refractivity contribution in [2.24, 2.45) is 5.73 Å². The zero-order chi connectivity index (χ0) is 12.8. The lowest BCUT2D eigenvalue weighted by molar-refractivity contribution is 0.0943. The second-order valence-electron chi connectivity index (χ2n) is 4.26. The van der Waals surface area contributed by atoms with Crippen LogP contribution in [0.15, 0.2) is 12.3 Å². The van der Waals surface area contributed by atoms with Gasteiger partial charge in [0.05, 0.1) is 5.02 Å². The van der Waals surface area contributed by atoms with Crippen molar-refractivity contribution in [3.8, 4) is 0 Å². The summed E-state index contributed by atoms with van der Waals surface area (Å²) >= 11 is 5.91. The fourth-order valence-electron chi connectivity index (χ4n) is 1.60. The molecule has 0 fully saturated rings. The van der Waals surface area contributed by atoms with Crippen molar-refractivity contribution in [2.45, 2.75) is 39.3 Å². The van der Waals surface area contributed by atoms with Gasteiger partial charge in [0.1, 0.15) is 5.69 Å². The Morgan fingerprint density at radius 2 is 2.35 bits per heavy atom. The van der Waals surface area contributed by atoms with E-state index >= 15 is 0 Å². The van der Waals surface area contributed by atoms with E-state index in [1.807, 2.05) is 11.5 Å². The van der Waals surface area contributed by atoms with Crippen LogP contribution >= 0.6 is 11.6 Å². The Labute approximate surface area is 107 Å². The molecule has 4 nitrogen and oxygen atoms in total. The molecule has 0 saturated carbocycles. The van der Waals surface area contributed by atoms with E-state index < -0.39 is 0 Å². The summed E-state index contributed by atoms with van der Waals surface area (Å²) in [6.07, 6.45) is 3.52. The third kappa shape index (κ3) is 4.40. The number of hydrogen-bond donors (Lipinski definition) is 2. The number of carbonyl (C=O) groups is 1. The van der Waals surface area contributed by atoms with Gasteiger partial charge >= 0.3 is 0 Å². The predicted molar refractivity (Wildman–Crippen MR) is 70.3 cm³/mol. The zero-order valence-electron chi connectivity index (χ0n) is 10.4. The summed E-state index contributed by atoms with van der Waals surface area (Å²) in [4.78, 5) is 11.9. The van der Waals surface area contributed by atoms with Gasteiger partial charge in [0.15, 0.2) is 0 Å². The monoisotopic (exact) mass is 257 g/mol. The first-order valence-electron chi connectivity index (χ1n) is 5.94. The van der Waals surface area contributed by atoms with E-state index in [0.717, 1.165) is 19.4 Å². The molecule has 0 aliphatic rings. The number of rotatable bonds is 6. The smallest absolute Gasteiger partial charge is 0.267 e. The number of amides is 1. The van der Waals surface area contributed by atoms with E-state index in [0.29, 0.717) is 17.3 Å². The Hall–Kier alpha value is -1.00. The van der Waals surface area contributed by atoms with Crippen LogP contribution in [-0.2, 0) is 6.54 Å². The molecule has 96 valence electrons. The Morgan fingerprint density at radius 1 is 1.65 bits per heavy atom. The van der Waals surface area contributed by atoms with Crippen molar-refractivity contribution < 1.29 is 4.79 Å². The van der Waals surface area contributed by atoms with Crippen molar-refractivity contribution in [2.75, 3.05) is 6.54 Å². The standard InChI is InChI=1S/C12H20ClN3O/c1-3-6-16-8-10(13)7-11(16)12(17)15-5-4-9(2)14/h7-9H,3-6,14H2,1-2H3,(H,15,17). The average Bonchev–Trinajstić information content (AvgIpc) is 2.59. The molecule has 0 aliphatic heterocycles. The topological polar surface area (TPSA) is 60.0 Å². The Bertz CT molecular complexity index is 374. The highest BCUT2D eigenvalue weighted by molar-refractivity contribution is 6.31. The van der Waals surface area contributed by atoms with Crippen LogP contribution in [0.5, 0.6) is 0 Å². The van der Waals surface area contributed by atoms with Gasteiger partial charge in [0, 0.05) is 25.3 Å². The van der Waals surface area contributed by atoms with Gasteiger partial charge in [-0.15, -0.1) is 0 Å². The molecule has 1 aromatic heterocycles. The fraction of sp³-hybridized carbons (Fsp3) is 0.583. The van der Waals surface area contributed by atoms with Crippen LogP contribution in [0.4, 0.5) is 0 Å². The van der Waals surface area contributed by atoms with Crippen molar-refractivity contribution in [3.63, 3.8) is 0 Å². The van der Waals surface area contributed by atoms with E-state index in [1.54, 1.807) is 12.3 Å². The summed E-state index contributed by atoms with van der Waals surface area (Å²) in [5.74, 6) is -0.0917. The van der Waals surface area contributed by atoms with Gasteiger partial charge in [-0.05, 0) is 25.8 Å². The Balaban J connectivity index is 2.61. The van der Waals surface area contributed by atoms with Gasteiger partial charge in [-0.25, -0.2) is 0 Å². The molecule has 0 saturated heterocycles. The van der Waals surface area contributed by atoms with Crippen molar-refractivity contribution >= 4 is 17.5 Å². The minimum atomic E-state index is -0.0917. The molecule has 5 heteroatoms. The maximum atomic E-state index is 11.9. The number of aromatic nitrogens is 1. The van der Waals surface area contributed by atoms with Gasteiger partial charge in [0.2, 0.25) is 0 Å². The number of nitrogens with two attached hydrogens (primary N) is 1. The second-order valence-corrected chi connectivity index (χ2v) is 4.70. The maximum Gasteiger partial charge on any atom is 0.267 e. The zero-order valence-corrected chi connectivity index (χ0v) is 11.1. The van der Waals surface area contributed by atoms with E-state index in [9.17, 15) is 4.79 Å². The van der Waals surface area contributed by atoms with Crippen LogP contribution in [0.1, 0.15) is 37.2 Å². The average molecular weight is 258 g/mol. The van der Waals surface area contributed by atoms with E-state index in [2.05, 4.69) is 12.2 Å². The quantitative estimate of drug-likeness (QED) is 0.819. The fourth-order valence-corrected chi connectivity index (χ4v) is 1.82. The molecule has 1 rings (SSSR count). The molecule has 1 amide bonds. The van der Waals surface area contributed by atoms with Crippen LogP contribution in [0.25, 0.3) is 0 Å². The molecule has 0 aromatic carbocycles. The molecular weight excluding hydrogens is 238 g/mol. The number of aryl methyl sites for hydroxylation is 1. The molecule has 1 aromatic rings. The summed E-state index contributed by atoms with van der Waals surface area (Å²) in [7, 11) is 0. The van der Waals surface area contributed by atoms with Crippen LogP contribution in [-0.4, -0.2) is 23.1 Å². The van der Waals surface area contributed by atoms with E-state index in [4.69, 9.17) is 17.3 Å². The lowest BCUT2D eigenvalue weighted by Gasteiger charge is -2.09. The molecule has 0 bridgehead atoms. The molecule has 1 atom stereocenters. The summed E-state index contributed by atoms with van der Waals surface area (Å²) in [6.45, 7) is 5.36. The molecule has 1 heterocycles. The molecule has 0 aliphatic carbocycles. The van der Waals surface area contributed by atoms with Crippen LogP contribution in [0, 0.1) is 0 Å². The van der Waals surface area contributed by atoms with E-state index in [1.165, 1.54) is 0 Å². The third-order valence-electron chi connectivity index (χ3n) is 2.45. The van der Waals surface area contributed by atoms with Crippen LogP contribution in [0.2, 0.25) is 5.02 Å². The highest BCUT2D eigenvalue weighted by Crippen LogP contribution is 2.14. The highest BCUT2D eigenvalue weighted by Gasteiger charge is 2.12. The maximum absolute atomic E-state index is 11.9. The van der Waals surface area contributed by atoms with Crippen LogP contribution < -0.4 is 11.1 Å². The summed E-state index contributed by atoms with van der Waals surface area (Å²) < 4.78 is 1.88. The SMILES string of the molecule is CCCn1cc(Cl)cc1C(=O)NCCC(C)N. The van der Waals surface area contributed by atoms with Gasteiger partial charge in [-0.2, -0.15) is 0 Å². The van der Waals surface area contributed by atoms with Gasteiger partial charge in [-0.3, -0.25) is 4.79 Å². The summed E-state index contributed by atoms with van der Waals surface area (Å²) in [5.41, 5.74) is 6.23. The number of nitrogens with one attached hydrogen (secondary N) is 1. The molecule has 3 N–H and O–H groups in total. The van der Waals surface area contributed by atoms with Crippen molar-refractivity contribution in [1.29, 1.82) is 0 Å². The Morgan fingerprint density at radius 3 is 2.94 bits per heavy atom. The molecule has 1 unspecified atom stereocenters. The lowest BCUT2D eigenvalue weighted by Crippen LogP contribution is -2.30.